The number of carbonyl (C=O) groups is 1. The van der Waals surface area contributed by atoms with Crippen molar-refractivity contribution in [2.24, 2.45) is 5.92 Å². The standard InChI is InChI=1S/C15H20ClNO2/c1-3-19-14(18)15(8-7-11(2)10-15)17-13-6-4-5-12(16)9-13/h4-6,9,11,17H,3,7-8,10H2,1-2H3. The van der Waals surface area contributed by atoms with Crippen molar-refractivity contribution in [3.8, 4) is 0 Å². The van der Waals surface area contributed by atoms with Crippen LogP contribution in [0.5, 0.6) is 0 Å². The molecule has 1 fully saturated rings. The van der Waals surface area contributed by atoms with E-state index in [0.717, 1.165) is 24.9 Å². The van der Waals surface area contributed by atoms with E-state index in [0.29, 0.717) is 17.5 Å². The Balaban J connectivity index is 2.21. The maximum atomic E-state index is 12.3. The molecule has 1 saturated carbocycles. The lowest BCUT2D eigenvalue weighted by Gasteiger charge is -2.29. The van der Waals surface area contributed by atoms with Gasteiger partial charge in [0.2, 0.25) is 0 Å². The molecule has 1 aromatic rings. The second kappa shape index (κ2) is 5.83. The predicted molar refractivity (Wildman–Crippen MR) is 77.5 cm³/mol. The molecule has 104 valence electrons. The molecule has 0 radical (unpaired) electrons. The molecule has 19 heavy (non-hydrogen) atoms. The first-order chi connectivity index (χ1) is 9.05. The van der Waals surface area contributed by atoms with Gasteiger partial charge in [0, 0.05) is 10.7 Å². The molecule has 0 saturated heterocycles. The van der Waals surface area contributed by atoms with E-state index in [4.69, 9.17) is 16.3 Å². The molecule has 1 aromatic carbocycles. The fraction of sp³-hybridized carbons (Fsp3) is 0.533. The highest BCUT2D eigenvalue weighted by Gasteiger charge is 2.45. The lowest BCUT2D eigenvalue weighted by atomic mass is 9.95. The van der Waals surface area contributed by atoms with Crippen molar-refractivity contribution in [3.63, 3.8) is 0 Å². The number of nitrogens with one attached hydrogen (secondary N) is 1. The molecule has 1 N–H and O–H groups in total. The van der Waals surface area contributed by atoms with Crippen LogP contribution in [0.4, 0.5) is 5.69 Å². The largest absolute Gasteiger partial charge is 0.464 e. The van der Waals surface area contributed by atoms with Crippen molar-refractivity contribution in [2.75, 3.05) is 11.9 Å². The summed E-state index contributed by atoms with van der Waals surface area (Å²) in [6.45, 7) is 4.41. The molecule has 0 aromatic heterocycles. The van der Waals surface area contributed by atoms with Gasteiger partial charge in [-0.3, -0.25) is 0 Å². The second-order valence-corrected chi connectivity index (χ2v) is 5.72. The summed E-state index contributed by atoms with van der Waals surface area (Å²) >= 11 is 5.99. The van der Waals surface area contributed by atoms with Crippen LogP contribution in [0.3, 0.4) is 0 Å². The maximum absolute atomic E-state index is 12.3. The van der Waals surface area contributed by atoms with Crippen LogP contribution in [0, 0.1) is 5.92 Å². The Morgan fingerprint density at radius 1 is 1.58 bits per heavy atom. The molecule has 0 aliphatic heterocycles. The van der Waals surface area contributed by atoms with E-state index < -0.39 is 5.54 Å². The van der Waals surface area contributed by atoms with Crippen molar-refractivity contribution in [1.82, 2.24) is 0 Å². The van der Waals surface area contributed by atoms with E-state index in [-0.39, 0.29) is 5.97 Å². The zero-order valence-electron chi connectivity index (χ0n) is 11.4. The van der Waals surface area contributed by atoms with Gasteiger partial charge in [-0.25, -0.2) is 4.79 Å². The Labute approximate surface area is 119 Å². The van der Waals surface area contributed by atoms with Gasteiger partial charge < -0.3 is 10.1 Å². The molecule has 0 bridgehead atoms. The zero-order valence-corrected chi connectivity index (χ0v) is 12.2. The molecular weight excluding hydrogens is 262 g/mol. The number of benzene rings is 1. The molecule has 1 aliphatic carbocycles. The van der Waals surface area contributed by atoms with Crippen molar-refractivity contribution in [2.45, 2.75) is 38.6 Å². The van der Waals surface area contributed by atoms with Crippen LogP contribution in [0.1, 0.15) is 33.1 Å². The minimum atomic E-state index is -0.597. The lowest BCUT2D eigenvalue weighted by molar-refractivity contribution is -0.148. The summed E-state index contributed by atoms with van der Waals surface area (Å²) in [5, 5.41) is 4.01. The quantitative estimate of drug-likeness (QED) is 0.852. The first-order valence-electron chi connectivity index (χ1n) is 6.77. The van der Waals surface area contributed by atoms with Gasteiger partial charge in [0.05, 0.1) is 6.61 Å². The minimum absolute atomic E-state index is 0.153. The number of hydrogen-bond donors (Lipinski definition) is 1. The molecule has 0 amide bonds. The highest BCUT2D eigenvalue weighted by molar-refractivity contribution is 6.30. The molecule has 2 atom stereocenters. The second-order valence-electron chi connectivity index (χ2n) is 5.29. The van der Waals surface area contributed by atoms with E-state index in [1.165, 1.54) is 0 Å². The zero-order chi connectivity index (χ0) is 13.9. The molecule has 2 rings (SSSR count). The van der Waals surface area contributed by atoms with Gasteiger partial charge in [-0.2, -0.15) is 0 Å². The van der Waals surface area contributed by atoms with Gasteiger partial charge in [0.25, 0.3) is 0 Å². The van der Waals surface area contributed by atoms with Crippen LogP contribution in [0.25, 0.3) is 0 Å². The fourth-order valence-electron chi connectivity index (χ4n) is 2.75. The van der Waals surface area contributed by atoms with Crippen molar-refractivity contribution in [1.29, 1.82) is 0 Å². The summed E-state index contributed by atoms with van der Waals surface area (Å²) in [5.74, 6) is 0.371. The predicted octanol–water partition coefficient (Wildman–Crippen LogP) is 3.87. The number of carbonyl (C=O) groups excluding carboxylic acids is 1. The van der Waals surface area contributed by atoms with E-state index in [2.05, 4.69) is 12.2 Å². The van der Waals surface area contributed by atoms with Gasteiger partial charge in [-0.15, -0.1) is 0 Å². The normalized spacial score (nSPS) is 26.2. The van der Waals surface area contributed by atoms with E-state index >= 15 is 0 Å². The molecule has 0 heterocycles. The number of anilines is 1. The van der Waals surface area contributed by atoms with Gasteiger partial charge in [-0.1, -0.05) is 24.6 Å². The van der Waals surface area contributed by atoms with Gasteiger partial charge in [0.15, 0.2) is 0 Å². The first-order valence-corrected chi connectivity index (χ1v) is 7.14. The Kier molecular flexibility index (Phi) is 4.35. The summed E-state index contributed by atoms with van der Waals surface area (Å²) < 4.78 is 5.25. The fourth-order valence-corrected chi connectivity index (χ4v) is 2.94. The average molecular weight is 282 g/mol. The summed E-state index contributed by atoms with van der Waals surface area (Å²) in [6.07, 6.45) is 2.64. The van der Waals surface area contributed by atoms with E-state index in [1.54, 1.807) is 0 Å². The molecule has 4 heteroatoms. The van der Waals surface area contributed by atoms with Crippen molar-refractivity contribution >= 4 is 23.3 Å². The Hall–Kier alpha value is -1.22. The van der Waals surface area contributed by atoms with Gasteiger partial charge in [-0.05, 0) is 50.3 Å². The number of rotatable bonds is 4. The Morgan fingerprint density at radius 2 is 2.37 bits per heavy atom. The molecule has 1 aliphatic rings. The van der Waals surface area contributed by atoms with Gasteiger partial charge in [0.1, 0.15) is 5.54 Å². The van der Waals surface area contributed by atoms with Crippen LogP contribution in [0.2, 0.25) is 5.02 Å². The maximum Gasteiger partial charge on any atom is 0.331 e. The van der Waals surface area contributed by atoms with Crippen LogP contribution in [-0.2, 0) is 9.53 Å². The summed E-state index contributed by atoms with van der Waals surface area (Å²) in [6, 6.07) is 7.46. The van der Waals surface area contributed by atoms with Gasteiger partial charge >= 0.3 is 5.97 Å². The van der Waals surface area contributed by atoms with Crippen LogP contribution in [-0.4, -0.2) is 18.1 Å². The van der Waals surface area contributed by atoms with E-state index in [1.807, 2.05) is 31.2 Å². The third-order valence-corrected chi connectivity index (χ3v) is 3.87. The Bertz CT molecular complexity index is 463. The Morgan fingerprint density at radius 3 is 2.95 bits per heavy atom. The third kappa shape index (κ3) is 3.21. The highest BCUT2D eigenvalue weighted by atomic mass is 35.5. The smallest absolute Gasteiger partial charge is 0.331 e. The number of ether oxygens (including phenoxy) is 1. The van der Waals surface area contributed by atoms with Crippen LogP contribution >= 0.6 is 11.6 Å². The first kappa shape index (κ1) is 14.2. The van der Waals surface area contributed by atoms with Crippen molar-refractivity contribution < 1.29 is 9.53 Å². The monoisotopic (exact) mass is 281 g/mol. The lowest BCUT2D eigenvalue weighted by Crippen LogP contribution is -2.45. The topological polar surface area (TPSA) is 38.3 Å². The molecule has 0 spiro atoms. The molecule has 3 nitrogen and oxygen atoms in total. The van der Waals surface area contributed by atoms with Crippen molar-refractivity contribution in [3.05, 3.63) is 29.3 Å². The summed E-state index contributed by atoms with van der Waals surface area (Å²) in [4.78, 5) is 12.3. The van der Waals surface area contributed by atoms with E-state index in [9.17, 15) is 4.79 Å². The number of esters is 1. The molecule has 2 unspecified atom stereocenters. The molecular formula is C15H20ClNO2. The number of hydrogen-bond acceptors (Lipinski definition) is 3. The van der Waals surface area contributed by atoms with Crippen LogP contribution < -0.4 is 5.32 Å². The van der Waals surface area contributed by atoms with Crippen LogP contribution in [0.15, 0.2) is 24.3 Å². The summed E-state index contributed by atoms with van der Waals surface area (Å²) in [7, 11) is 0. The third-order valence-electron chi connectivity index (χ3n) is 3.64. The highest BCUT2D eigenvalue weighted by Crippen LogP contribution is 2.38. The number of halogens is 1. The minimum Gasteiger partial charge on any atom is -0.464 e. The average Bonchev–Trinajstić information content (AvgIpc) is 2.72. The SMILES string of the molecule is CCOC(=O)C1(Nc2cccc(Cl)c2)CCC(C)C1. The summed E-state index contributed by atoms with van der Waals surface area (Å²) in [5.41, 5.74) is 0.273.